The maximum atomic E-state index is 11.9. The van der Waals surface area contributed by atoms with Gasteiger partial charge in [-0.15, -0.1) is 0 Å². The molecule has 0 unspecified atom stereocenters. The molecule has 7 heteroatoms. The van der Waals surface area contributed by atoms with Crippen molar-refractivity contribution in [1.29, 1.82) is 0 Å². The van der Waals surface area contributed by atoms with Crippen molar-refractivity contribution < 1.29 is 19.1 Å². The van der Waals surface area contributed by atoms with Crippen molar-refractivity contribution in [3.05, 3.63) is 0 Å². The van der Waals surface area contributed by atoms with Crippen LogP contribution < -0.4 is 5.73 Å². The summed E-state index contributed by atoms with van der Waals surface area (Å²) in [5.41, 5.74) is 5.01. The first kappa shape index (κ1) is 15.8. The smallest absolute Gasteiger partial charge is 0.310 e. The number of piperidine rings is 1. The Kier molecular flexibility index (Phi) is 6.69. The summed E-state index contributed by atoms with van der Waals surface area (Å²) in [6.45, 7) is 1.12. The predicted octanol–water partition coefficient (Wildman–Crippen LogP) is 0.00660. The van der Waals surface area contributed by atoms with Crippen molar-refractivity contribution >= 4 is 29.5 Å². The molecule has 1 fully saturated rings. The van der Waals surface area contributed by atoms with Crippen molar-refractivity contribution in [3.63, 3.8) is 0 Å². The highest BCUT2D eigenvalue weighted by Crippen LogP contribution is 2.18. The number of primary amides is 1. The fourth-order valence-corrected chi connectivity index (χ4v) is 2.72. The first-order chi connectivity index (χ1) is 9.04. The fourth-order valence-electron chi connectivity index (χ4n) is 2.05. The van der Waals surface area contributed by atoms with Gasteiger partial charge in [-0.05, 0) is 12.8 Å². The van der Waals surface area contributed by atoms with Crippen molar-refractivity contribution in [3.8, 4) is 0 Å². The van der Waals surface area contributed by atoms with Crippen LogP contribution in [0, 0.1) is 5.92 Å². The topological polar surface area (TPSA) is 89.7 Å². The van der Waals surface area contributed by atoms with Gasteiger partial charge in [0.1, 0.15) is 0 Å². The van der Waals surface area contributed by atoms with Gasteiger partial charge in [0.25, 0.3) is 0 Å². The van der Waals surface area contributed by atoms with Crippen molar-refractivity contribution in [2.75, 3.05) is 31.7 Å². The van der Waals surface area contributed by atoms with Crippen LogP contribution in [-0.4, -0.2) is 54.4 Å². The number of likely N-dealkylation sites (tertiary alicyclic amines) is 1. The van der Waals surface area contributed by atoms with E-state index < -0.39 is 0 Å². The van der Waals surface area contributed by atoms with Gasteiger partial charge in [-0.3, -0.25) is 14.4 Å². The number of amides is 2. The molecule has 1 aliphatic heterocycles. The minimum Gasteiger partial charge on any atom is -0.469 e. The van der Waals surface area contributed by atoms with Gasteiger partial charge in [0, 0.05) is 25.3 Å². The van der Waals surface area contributed by atoms with Gasteiger partial charge in [0.15, 0.2) is 0 Å². The Morgan fingerprint density at radius 1 is 1.42 bits per heavy atom. The van der Waals surface area contributed by atoms with Crippen LogP contribution >= 0.6 is 11.8 Å². The highest BCUT2D eigenvalue weighted by Gasteiger charge is 2.28. The fraction of sp³-hybridized carbons (Fsp3) is 0.750. The van der Waals surface area contributed by atoms with Crippen LogP contribution in [0.1, 0.15) is 19.3 Å². The maximum Gasteiger partial charge on any atom is 0.310 e. The number of ether oxygens (including phenoxy) is 1. The van der Waals surface area contributed by atoms with E-state index in [1.54, 1.807) is 4.90 Å². The molecule has 108 valence electrons. The molecule has 0 spiro atoms. The Labute approximate surface area is 117 Å². The zero-order valence-electron chi connectivity index (χ0n) is 11.1. The number of esters is 1. The van der Waals surface area contributed by atoms with E-state index in [2.05, 4.69) is 0 Å². The van der Waals surface area contributed by atoms with Crippen LogP contribution in [0.3, 0.4) is 0 Å². The van der Waals surface area contributed by atoms with Gasteiger partial charge < -0.3 is 15.4 Å². The summed E-state index contributed by atoms with van der Waals surface area (Å²) in [6.07, 6.45) is 1.96. The number of nitrogens with zero attached hydrogens (tertiary/aromatic N) is 1. The van der Waals surface area contributed by atoms with Crippen LogP contribution in [0.5, 0.6) is 0 Å². The first-order valence-corrected chi connectivity index (χ1v) is 7.41. The van der Waals surface area contributed by atoms with Crippen molar-refractivity contribution in [2.45, 2.75) is 19.3 Å². The lowest BCUT2D eigenvalue weighted by Crippen LogP contribution is -2.42. The molecule has 0 saturated carbocycles. The Bertz CT molecular complexity index is 349. The molecule has 1 atom stereocenters. The molecule has 2 amide bonds. The third-order valence-corrected chi connectivity index (χ3v) is 3.99. The molecule has 0 aliphatic carbocycles. The summed E-state index contributed by atoms with van der Waals surface area (Å²) in [7, 11) is 1.36. The van der Waals surface area contributed by atoms with E-state index in [1.165, 1.54) is 18.9 Å². The second-order valence-electron chi connectivity index (χ2n) is 4.47. The number of methoxy groups -OCH3 is 1. The SMILES string of the molecule is COC(=O)[C@H]1CCCN(C(=O)CCSCC(N)=O)C1. The van der Waals surface area contributed by atoms with Crippen LogP contribution in [0.2, 0.25) is 0 Å². The summed E-state index contributed by atoms with van der Waals surface area (Å²) in [6, 6.07) is 0. The lowest BCUT2D eigenvalue weighted by Gasteiger charge is -2.31. The number of carbonyl (C=O) groups is 3. The number of carbonyl (C=O) groups excluding carboxylic acids is 3. The molecule has 0 aromatic rings. The Balaban J connectivity index is 2.31. The lowest BCUT2D eigenvalue weighted by atomic mass is 9.98. The molecule has 1 rings (SSSR count). The second-order valence-corrected chi connectivity index (χ2v) is 5.58. The largest absolute Gasteiger partial charge is 0.469 e. The van der Waals surface area contributed by atoms with Gasteiger partial charge in [-0.1, -0.05) is 0 Å². The van der Waals surface area contributed by atoms with E-state index in [-0.39, 0.29) is 29.5 Å². The predicted molar refractivity (Wildman–Crippen MR) is 72.5 cm³/mol. The van der Waals surface area contributed by atoms with Crippen molar-refractivity contribution in [1.82, 2.24) is 4.90 Å². The van der Waals surface area contributed by atoms with E-state index in [0.717, 1.165) is 12.8 Å². The number of hydrogen-bond donors (Lipinski definition) is 1. The Morgan fingerprint density at radius 2 is 2.16 bits per heavy atom. The van der Waals surface area contributed by atoms with Gasteiger partial charge in [0.2, 0.25) is 11.8 Å². The third-order valence-electron chi connectivity index (χ3n) is 3.01. The summed E-state index contributed by atoms with van der Waals surface area (Å²) in [5.74, 6) is -0.00694. The molecule has 2 N–H and O–H groups in total. The second kappa shape index (κ2) is 8.04. The number of nitrogens with two attached hydrogens (primary N) is 1. The highest BCUT2D eigenvalue weighted by atomic mass is 32.2. The summed E-state index contributed by atoms with van der Waals surface area (Å²) in [4.78, 5) is 35.7. The average Bonchev–Trinajstić information content (AvgIpc) is 2.42. The van der Waals surface area contributed by atoms with E-state index in [0.29, 0.717) is 25.3 Å². The summed E-state index contributed by atoms with van der Waals surface area (Å²) >= 11 is 1.35. The monoisotopic (exact) mass is 288 g/mol. The molecule has 1 saturated heterocycles. The number of hydrogen-bond acceptors (Lipinski definition) is 5. The quantitative estimate of drug-likeness (QED) is 0.549. The van der Waals surface area contributed by atoms with E-state index in [1.807, 2.05) is 0 Å². The van der Waals surface area contributed by atoms with Crippen LogP contribution in [0.25, 0.3) is 0 Å². The molecule has 19 heavy (non-hydrogen) atoms. The molecule has 0 aromatic carbocycles. The minimum absolute atomic E-state index is 0.0190. The number of thioether (sulfide) groups is 1. The standard InChI is InChI=1S/C12H20N2O4S/c1-18-12(17)9-3-2-5-14(7-9)11(16)4-6-19-8-10(13)15/h9H,2-8H2,1H3,(H2,13,15)/t9-/m0/s1. The van der Waals surface area contributed by atoms with Crippen molar-refractivity contribution in [2.24, 2.45) is 11.7 Å². The highest BCUT2D eigenvalue weighted by molar-refractivity contribution is 7.99. The average molecular weight is 288 g/mol. The Morgan fingerprint density at radius 3 is 2.79 bits per heavy atom. The van der Waals surface area contributed by atoms with Gasteiger partial charge in [0.05, 0.1) is 18.8 Å². The van der Waals surface area contributed by atoms with Crippen LogP contribution in [0.4, 0.5) is 0 Å². The molecule has 0 radical (unpaired) electrons. The molecule has 6 nitrogen and oxygen atoms in total. The molecule has 1 aliphatic rings. The molecule has 0 aromatic heterocycles. The number of rotatable bonds is 6. The van der Waals surface area contributed by atoms with E-state index in [4.69, 9.17) is 10.5 Å². The molecular formula is C12H20N2O4S. The zero-order valence-corrected chi connectivity index (χ0v) is 11.9. The Hall–Kier alpha value is -1.24. The summed E-state index contributed by atoms with van der Waals surface area (Å²) < 4.78 is 4.71. The van der Waals surface area contributed by atoms with Crippen LogP contribution in [0.15, 0.2) is 0 Å². The van der Waals surface area contributed by atoms with Gasteiger partial charge in [-0.25, -0.2) is 0 Å². The first-order valence-electron chi connectivity index (χ1n) is 6.26. The molecular weight excluding hydrogens is 268 g/mol. The summed E-state index contributed by atoms with van der Waals surface area (Å²) in [5, 5.41) is 0. The van der Waals surface area contributed by atoms with Gasteiger partial charge >= 0.3 is 5.97 Å². The third kappa shape index (κ3) is 5.50. The van der Waals surface area contributed by atoms with Gasteiger partial charge in [-0.2, -0.15) is 11.8 Å². The maximum absolute atomic E-state index is 11.9. The van der Waals surface area contributed by atoms with E-state index >= 15 is 0 Å². The molecule has 1 heterocycles. The lowest BCUT2D eigenvalue weighted by molar-refractivity contribution is -0.148. The normalized spacial score (nSPS) is 19.0. The minimum atomic E-state index is -0.374. The zero-order chi connectivity index (χ0) is 14.3. The van der Waals surface area contributed by atoms with E-state index in [9.17, 15) is 14.4 Å². The molecule has 0 bridgehead atoms. The van der Waals surface area contributed by atoms with Crippen LogP contribution in [-0.2, 0) is 19.1 Å².